The lowest BCUT2D eigenvalue weighted by Crippen LogP contribution is -2.32. The van der Waals surface area contributed by atoms with Crippen molar-refractivity contribution in [3.63, 3.8) is 0 Å². The lowest BCUT2D eigenvalue weighted by atomic mass is 10.3. The molecule has 5 heteroatoms. The van der Waals surface area contributed by atoms with Crippen molar-refractivity contribution in [2.24, 2.45) is 0 Å². The van der Waals surface area contributed by atoms with Crippen LogP contribution in [0.15, 0.2) is 41.8 Å². The summed E-state index contributed by atoms with van der Waals surface area (Å²) in [4.78, 5) is 11.1. The summed E-state index contributed by atoms with van der Waals surface area (Å²) in [5.41, 5.74) is 2.33. The van der Waals surface area contributed by atoms with Gasteiger partial charge in [0.25, 0.3) is 0 Å². The summed E-state index contributed by atoms with van der Waals surface area (Å²) in [5.74, 6) is 1.16. The monoisotopic (exact) mass is 356 g/mol. The van der Waals surface area contributed by atoms with Crippen LogP contribution < -0.4 is 0 Å². The molecular weight excluding hydrogens is 328 g/mol. The maximum absolute atomic E-state index is 4.94. The first-order valence-corrected chi connectivity index (χ1v) is 9.78. The molecule has 0 saturated carbocycles. The topological polar surface area (TPSA) is 24.3 Å². The van der Waals surface area contributed by atoms with E-state index in [0.717, 1.165) is 37.5 Å². The number of benzene rings is 1. The molecule has 0 amide bonds. The van der Waals surface area contributed by atoms with E-state index in [4.69, 9.17) is 4.98 Å². The molecule has 1 aromatic carbocycles. The molecule has 0 unspecified atom stereocenters. The normalized spacial score (nSPS) is 12.1. The van der Waals surface area contributed by atoms with Crippen molar-refractivity contribution in [3.05, 3.63) is 52.5 Å². The molecule has 0 N–H and O–H groups in total. The van der Waals surface area contributed by atoms with Crippen LogP contribution in [-0.2, 0) is 13.1 Å². The van der Waals surface area contributed by atoms with E-state index in [2.05, 4.69) is 84.1 Å². The molecule has 2 aromatic heterocycles. The number of aromatic nitrogens is 2. The fourth-order valence-electron chi connectivity index (χ4n) is 3.16. The van der Waals surface area contributed by atoms with Gasteiger partial charge in [-0.3, -0.25) is 4.90 Å². The fourth-order valence-corrected chi connectivity index (χ4v) is 3.91. The SMILES string of the molecule is CC(C)n1c(CN(CCN(C)C)Cc2cccs2)nc2ccccc21. The molecule has 0 saturated heterocycles. The van der Waals surface area contributed by atoms with Gasteiger partial charge in [-0.1, -0.05) is 18.2 Å². The predicted molar refractivity (Wildman–Crippen MR) is 107 cm³/mol. The Morgan fingerprint density at radius 2 is 1.84 bits per heavy atom. The smallest absolute Gasteiger partial charge is 0.124 e. The average Bonchev–Trinajstić information content (AvgIpc) is 3.19. The van der Waals surface area contributed by atoms with Crippen LogP contribution in [0, 0.1) is 0 Å². The third-order valence-electron chi connectivity index (χ3n) is 4.37. The van der Waals surface area contributed by atoms with Crippen molar-refractivity contribution in [3.8, 4) is 0 Å². The zero-order valence-electron chi connectivity index (χ0n) is 15.6. The largest absolute Gasteiger partial charge is 0.324 e. The molecule has 0 radical (unpaired) electrons. The number of thiophene rings is 1. The number of hydrogen-bond acceptors (Lipinski definition) is 4. The molecule has 25 heavy (non-hydrogen) atoms. The van der Waals surface area contributed by atoms with Crippen LogP contribution in [0.5, 0.6) is 0 Å². The Bertz CT molecular complexity index is 789. The van der Waals surface area contributed by atoms with E-state index >= 15 is 0 Å². The van der Waals surface area contributed by atoms with Gasteiger partial charge in [-0.25, -0.2) is 4.98 Å². The minimum atomic E-state index is 0.403. The first-order chi connectivity index (χ1) is 12.0. The molecule has 2 heterocycles. The van der Waals surface area contributed by atoms with Crippen LogP contribution in [0.3, 0.4) is 0 Å². The van der Waals surface area contributed by atoms with Gasteiger partial charge >= 0.3 is 0 Å². The minimum Gasteiger partial charge on any atom is -0.324 e. The van der Waals surface area contributed by atoms with Gasteiger partial charge in [0.15, 0.2) is 0 Å². The Kier molecular flexibility index (Phi) is 5.89. The van der Waals surface area contributed by atoms with Crippen molar-refractivity contribution >= 4 is 22.4 Å². The first kappa shape index (κ1) is 18.1. The summed E-state index contributed by atoms with van der Waals surface area (Å²) in [6, 6.07) is 13.2. The van der Waals surface area contributed by atoms with Crippen LogP contribution in [0.4, 0.5) is 0 Å². The summed E-state index contributed by atoms with van der Waals surface area (Å²) < 4.78 is 2.38. The van der Waals surface area contributed by atoms with Crippen LogP contribution in [0.25, 0.3) is 11.0 Å². The third-order valence-corrected chi connectivity index (χ3v) is 5.23. The Morgan fingerprint density at radius 1 is 1.04 bits per heavy atom. The minimum absolute atomic E-state index is 0.403. The van der Waals surface area contributed by atoms with Crippen molar-refractivity contribution in [2.75, 3.05) is 27.2 Å². The molecule has 3 aromatic rings. The van der Waals surface area contributed by atoms with Crippen LogP contribution in [-0.4, -0.2) is 46.5 Å². The van der Waals surface area contributed by atoms with E-state index < -0.39 is 0 Å². The Balaban J connectivity index is 1.87. The zero-order valence-corrected chi connectivity index (χ0v) is 16.5. The number of imidazole rings is 1. The highest BCUT2D eigenvalue weighted by atomic mass is 32.1. The summed E-state index contributed by atoms with van der Waals surface area (Å²) in [5, 5.41) is 2.16. The predicted octanol–water partition coefficient (Wildman–Crippen LogP) is 4.24. The summed E-state index contributed by atoms with van der Waals surface area (Å²) in [6.45, 7) is 8.41. The quantitative estimate of drug-likeness (QED) is 0.603. The average molecular weight is 357 g/mol. The summed E-state index contributed by atoms with van der Waals surface area (Å²) >= 11 is 1.83. The molecular formula is C20H28N4S. The van der Waals surface area contributed by atoms with Gasteiger partial charge in [-0.15, -0.1) is 11.3 Å². The molecule has 0 aliphatic heterocycles. The van der Waals surface area contributed by atoms with Gasteiger partial charge in [0.1, 0.15) is 5.82 Å². The maximum Gasteiger partial charge on any atom is 0.124 e. The first-order valence-electron chi connectivity index (χ1n) is 8.90. The highest BCUT2D eigenvalue weighted by Crippen LogP contribution is 2.23. The lowest BCUT2D eigenvalue weighted by Gasteiger charge is -2.24. The fraction of sp³-hybridized carbons (Fsp3) is 0.450. The highest BCUT2D eigenvalue weighted by Gasteiger charge is 2.17. The number of nitrogens with zero attached hydrogens (tertiary/aromatic N) is 4. The van der Waals surface area contributed by atoms with E-state index in [-0.39, 0.29) is 0 Å². The van der Waals surface area contributed by atoms with Crippen molar-refractivity contribution < 1.29 is 0 Å². The van der Waals surface area contributed by atoms with Crippen molar-refractivity contribution in [1.29, 1.82) is 0 Å². The number of rotatable bonds is 8. The second kappa shape index (κ2) is 8.13. The van der Waals surface area contributed by atoms with Crippen LogP contribution >= 0.6 is 11.3 Å². The summed E-state index contributed by atoms with van der Waals surface area (Å²) in [6.07, 6.45) is 0. The number of hydrogen-bond donors (Lipinski definition) is 0. The van der Waals surface area contributed by atoms with Gasteiger partial charge in [-0.2, -0.15) is 0 Å². The van der Waals surface area contributed by atoms with E-state index in [0.29, 0.717) is 6.04 Å². The van der Waals surface area contributed by atoms with Gasteiger partial charge in [-0.05, 0) is 51.5 Å². The molecule has 0 fully saturated rings. The lowest BCUT2D eigenvalue weighted by molar-refractivity contribution is 0.220. The zero-order chi connectivity index (χ0) is 17.8. The molecule has 134 valence electrons. The molecule has 4 nitrogen and oxygen atoms in total. The summed E-state index contributed by atoms with van der Waals surface area (Å²) in [7, 11) is 4.26. The molecule has 0 spiro atoms. The number of likely N-dealkylation sites (N-methyl/N-ethyl adjacent to an activating group) is 1. The second-order valence-corrected chi connectivity index (χ2v) is 8.11. The number of fused-ring (bicyclic) bond motifs is 1. The Hall–Kier alpha value is -1.69. The second-order valence-electron chi connectivity index (χ2n) is 7.07. The van der Waals surface area contributed by atoms with E-state index in [1.807, 2.05) is 11.3 Å². The molecule has 0 aliphatic rings. The van der Waals surface area contributed by atoms with E-state index in [1.165, 1.54) is 10.4 Å². The van der Waals surface area contributed by atoms with Crippen molar-refractivity contribution in [1.82, 2.24) is 19.4 Å². The third kappa shape index (κ3) is 4.48. The van der Waals surface area contributed by atoms with Gasteiger partial charge in [0, 0.05) is 30.6 Å². The standard InChI is InChI=1S/C20H28N4S/c1-16(2)24-19-10-6-5-9-18(19)21-20(24)15-23(12-11-22(3)4)14-17-8-7-13-25-17/h5-10,13,16H,11-12,14-15H2,1-4H3. The van der Waals surface area contributed by atoms with E-state index in [9.17, 15) is 0 Å². The van der Waals surface area contributed by atoms with Crippen LogP contribution in [0.1, 0.15) is 30.6 Å². The van der Waals surface area contributed by atoms with Gasteiger partial charge in [0.2, 0.25) is 0 Å². The number of para-hydroxylation sites is 2. The van der Waals surface area contributed by atoms with Crippen molar-refractivity contribution in [2.45, 2.75) is 33.0 Å². The molecule has 3 rings (SSSR count). The van der Waals surface area contributed by atoms with Gasteiger partial charge < -0.3 is 9.47 Å². The van der Waals surface area contributed by atoms with E-state index in [1.54, 1.807) is 0 Å². The highest BCUT2D eigenvalue weighted by molar-refractivity contribution is 7.09. The maximum atomic E-state index is 4.94. The van der Waals surface area contributed by atoms with Gasteiger partial charge in [0.05, 0.1) is 17.6 Å². The molecule has 0 aliphatic carbocycles. The molecule has 0 bridgehead atoms. The Labute approximate surface area is 154 Å². The van der Waals surface area contributed by atoms with Crippen LogP contribution in [0.2, 0.25) is 0 Å². The Morgan fingerprint density at radius 3 is 2.52 bits per heavy atom. The molecule has 0 atom stereocenters.